The van der Waals surface area contributed by atoms with Crippen LogP contribution in [-0.4, -0.2) is 6.04 Å². The average molecular weight is 249 g/mol. The number of benzene rings is 1. The summed E-state index contributed by atoms with van der Waals surface area (Å²) < 4.78 is 50.3. The van der Waals surface area contributed by atoms with Crippen LogP contribution in [0, 0.1) is 5.82 Å². The molecule has 1 atom stereocenters. The zero-order valence-corrected chi connectivity index (χ0v) is 9.74. The van der Waals surface area contributed by atoms with Gasteiger partial charge in [0.05, 0.1) is 5.56 Å². The largest absolute Gasteiger partial charge is 0.419 e. The molecule has 17 heavy (non-hydrogen) atoms. The standard InChI is InChI=1S/C12H15F4N/c1-3-8(2)17-7-9-4-5-11(13)10(6-9)12(14,15)16/h4-6,8,17H,3,7H2,1-2H3. The molecule has 5 heteroatoms. The van der Waals surface area contributed by atoms with Crippen molar-refractivity contribution in [1.29, 1.82) is 0 Å². The molecule has 0 bridgehead atoms. The van der Waals surface area contributed by atoms with Crippen molar-refractivity contribution in [3.8, 4) is 0 Å². The molecule has 1 unspecified atom stereocenters. The van der Waals surface area contributed by atoms with Gasteiger partial charge in [0, 0.05) is 12.6 Å². The molecule has 0 aliphatic carbocycles. The second kappa shape index (κ2) is 5.49. The van der Waals surface area contributed by atoms with Crippen molar-refractivity contribution >= 4 is 0 Å². The lowest BCUT2D eigenvalue weighted by Gasteiger charge is -2.13. The molecule has 1 nitrogen and oxygen atoms in total. The van der Waals surface area contributed by atoms with Gasteiger partial charge < -0.3 is 5.32 Å². The zero-order valence-electron chi connectivity index (χ0n) is 9.74. The van der Waals surface area contributed by atoms with Gasteiger partial charge in [0.25, 0.3) is 0 Å². The van der Waals surface area contributed by atoms with E-state index in [-0.39, 0.29) is 6.04 Å². The van der Waals surface area contributed by atoms with Gasteiger partial charge in [-0.25, -0.2) is 4.39 Å². The summed E-state index contributed by atoms with van der Waals surface area (Å²) in [5.74, 6) is -1.23. The molecular weight excluding hydrogens is 234 g/mol. The molecule has 0 saturated heterocycles. The Bertz CT molecular complexity index is 373. The van der Waals surface area contributed by atoms with Gasteiger partial charge in [-0.15, -0.1) is 0 Å². The van der Waals surface area contributed by atoms with Crippen LogP contribution >= 0.6 is 0 Å². The SMILES string of the molecule is CCC(C)NCc1ccc(F)c(C(F)(F)F)c1. The van der Waals surface area contributed by atoms with Gasteiger partial charge in [0.1, 0.15) is 5.82 Å². The van der Waals surface area contributed by atoms with E-state index in [1.165, 1.54) is 6.07 Å². The third-order valence-electron chi connectivity index (χ3n) is 2.60. The maximum Gasteiger partial charge on any atom is 0.419 e. The molecule has 0 aromatic heterocycles. The lowest BCUT2D eigenvalue weighted by atomic mass is 10.1. The van der Waals surface area contributed by atoms with Crippen LogP contribution in [0.25, 0.3) is 0 Å². The van der Waals surface area contributed by atoms with Gasteiger partial charge in [-0.05, 0) is 31.0 Å². The third-order valence-corrected chi connectivity index (χ3v) is 2.60. The van der Waals surface area contributed by atoms with Crippen molar-refractivity contribution in [3.05, 3.63) is 35.1 Å². The van der Waals surface area contributed by atoms with Crippen LogP contribution in [0.3, 0.4) is 0 Å². The smallest absolute Gasteiger partial charge is 0.310 e. The highest BCUT2D eigenvalue weighted by atomic mass is 19.4. The van der Waals surface area contributed by atoms with Gasteiger partial charge in [-0.2, -0.15) is 13.2 Å². The third kappa shape index (κ3) is 4.00. The highest BCUT2D eigenvalue weighted by molar-refractivity contribution is 5.27. The normalized spacial score (nSPS) is 13.8. The average Bonchev–Trinajstić information content (AvgIpc) is 2.26. The summed E-state index contributed by atoms with van der Waals surface area (Å²) in [4.78, 5) is 0. The van der Waals surface area contributed by atoms with E-state index >= 15 is 0 Å². The summed E-state index contributed by atoms with van der Waals surface area (Å²) in [6, 6.07) is 3.29. The number of hydrogen-bond acceptors (Lipinski definition) is 1. The second-order valence-electron chi connectivity index (χ2n) is 4.00. The van der Waals surface area contributed by atoms with Crippen molar-refractivity contribution in [1.82, 2.24) is 5.32 Å². The number of alkyl halides is 3. The predicted molar refractivity (Wildman–Crippen MR) is 58.0 cm³/mol. The van der Waals surface area contributed by atoms with Gasteiger partial charge >= 0.3 is 6.18 Å². The predicted octanol–water partition coefficient (Wildman–Crippen LogP) is 3.73. The van der Waals surface area contributed by atoms with Crippen LogP contribution < -0.4 is 5.32 Å². The van der Waals surface area contributed by atoms with E-state index < -0.39 is 17.6 Å². The molecule has 0 heterocycles. The molecule has 1 rings (SSSR count). The van der Waals surface area contributed by atoms with Crippen LogP contribution in [0.1, 0.15) is 31.4 Å². The Morgan fingerprint density at radius 3 is 2.47 bits per heavy atom. The number of halogens is 4. The van der Waals surface area contributed by atoms with E-state index in [2.05, 4.69) is 5.32 Å². The highest BCUT2D eigenvalue weighted by Gasteiger charge is 2.34. The van der Waals surface area contributed by atoms with E-state index in [1.807, 2.05) is 13.8 Å². The first-order chi connectivity index (χ1) is 7.84. The minimum absolute atomic E-state index is 0.217. The van der Waals surface area contributed by atoms with E-state index in [4.69, 9.17) is 0 Å². The minimum atomic E-state index is -4.64. The monoisotopic (exact) mass is 249 g/mol. The Hall–Kier alpha value is -1.10. The Balaban J connectivity index is 2.82. The van der Waals surface area contributed by atoms with Crippen molar-refractivity contribution < 1.29 is 17.6 Å². The lowest BCUT2D eigenvalue weighted by molar-refractivity contribution is -0.140. The van der Waals surface area contributed by atoms with E-state index in [9.17, 15) is 17.6 Å². The van der Waals surface area contributed by atoms with Gasteiger partial charge in [0.15, 0.2) is 0 Å². The van der Waals surface area contributed by atoms with Crippen LogP contribution in [0.5, 0.6) is 0 Å². The fraction of sp³-hybridized carbons (Fsp3) is 0.500. The summed E-state index contributed by atoms with van der Waals surface area (Å²) in [5, 5.41) is 3.06. The molecule has 0 aliphatic rings. The molecule has 0 spiro atoms. The Kier molecular flexibility index (Phi) is 4.51. The molecule has 1 N–H and O–H groups in total. The Labute approximate surface area is 97.8 Å². The molecular formula is C12H15F4N. The van der Waals surface area contributed by atoms with E-state index in [0.29, 0.717) is 12.1 Å². The second-order valence-corrected chi connectivity index (χ2v) is 4.00. The molecule has 0 amide bonds. The topological polar surface area (TPSA) is 12.0 Å². The molecule has 0 fully saturated rings. The first kappa shape index (κ1) is 14.0. The Morgan fingerprint density at radius 2 is 1.94 bits per heavy atom. The van der Waals surface area contributed by atoms with Gasteiger partial charge in [-0.3, -0.25) is 0 Å². The van der Waals surface area contributed by atoms with Crippen LogP contribution in [0.2, 0.25) is 0 Å². The van der Waals surface area contributed by atoms with Crippen molar-refractivity contribution in [2.75, 3.05) is 0 Å². The van der Waals surface area contributed by atoms with E-state index in [1.54, 1.807) is 0 Å². The van der Waals surface area contributed by atoms with Crippen LogP contribution in [0.15, 0.2) is 18.2 Å². The maximum absolute atomic E-state index is 13.0. The molecule has 1 aromatic rings. The number of rotatable bonds is 4. The summed E-state index contributed by atoms with van der Waals surface area (Å²) in [5.41, 5.74) is -0.778. The molecule has 0 aliphatic heterocycles. The maximum atomic E-state index is 13.0. The summed E-state index contributed by atoms with van der Waals surface area (Å²) in [6.45, 7) is 4.22. The van der Waals surface area contributed by atoms with Gasteiger partial charge in [0.2, 0.25) is 0 Å². The highest BCUT2D eigenvalue weighted by Crippen LogP contribution is 2.31. The van der Waals surface area contributed by atoms with E-state index in [0.717, 1.165) is 18.6 Å². The summed E-state index contributed by atoms with van der Waals surface area (Å²) in [7, 11) is 0. The fourth-order valence-corrected chi connectivity index (χ4v) is 1.34. The summed E-state index contributed by atoms with van der Waals surface area (Å²) in [6.07, 6.45) is -3.76. The number of nitrogens with one attached hydrogen (secondary N) is 1. The molecule has 96 valence electrons. The quantitative estimate of drug-likeness (QED) is 0.802. The fourth-order valence-electron chi connectivity index (χ4n) is 1.34. The zero-order chi connectivity index (χ0) is 13.1. The molecule has 1 aromatic carbocycles. The number of hydrogen-bond donors (Lipinski definition) is 1. The lowest BCUT2D eigenvalue weighted by Crippen LogP contribution is -2.24. The van der Waals surface area contributed by atoms with Gasteiger partial charge in [-0.1, -0.05) is 13.0 Å². The molecule has 0 saturated carbocycles. The van der Waals surface area contributed by atoms with Crippen molar-refractivity contribution in [3.63, 3.8) is 0 Å². The molecule has 0 radical (unpaired) electrons. The van der Waals surface area contributed by atoms with Crippen LogP contribution in [-0.2, 0) is 12.7 Å². The first-order valence-corrected chi connectivity index (χ1v) is 5.43. The summed E-state index contributed by atoms with van der Waals surface area (Å²) >= 11 is 0. The first-order valence-electron chi connectivity index (χ1n) is 5.43. The van der Waals surface area contributed by atoms with Crippen LogP contribution in [0.4, 0.5) is 17.6 Å². The minimum Gasteiger partial charge on any atom is -0.310 e. The van der Waals surface area contributed by atoms with Crippen molar-refractivity contribution in [2.45, 2.75) is 39.0 Å². The van der Waals surface area contributed by atoms with Crippen molar-refractivity contribution in [2.24, 2.45) is 0 Å². The Morgan fingerprint density at radius 1 is 1.29 bits per heavy atom.